The number of hydrogen-bond acceptors (Lipinski definition) is 6. The molecule has 0 N–H and O–H groups in total. The van der Waals surface area contributed by atoms with E-state index in [0.29, 0.717) is 17.2 Å². The summed E-state index contributed by atoms with van der Waals surface area (Å²) in [6.07, 6.45) is 0. The molecule has 0 radical (unpaired) electrons. The minimum Gasteiger partial charge on any atom is -0.493 e. The van der Waals surface area contributed by atoms with E-state index in [2.05, 4.69) is 0 Å². The van der Waals surface area contributed by atoms with Crippen LogP contribution in [0.5, 0.6) is 17.2 Å². The van der Waals surface area contributed by atoms with E-state index in [4.69, 9.17) is 18.9 Å². The van der Waals surface area contributed by atoms with Gasteiger partial charge in [0.1, 0.15) is 5.82 Å². The molecule has 0 aromatic heterocycles. The quantitative estimate of drug-likeness (QED) is 0.644. The average molecular weight is 391 g/mol. The van der Waals surface area contributed by atoms with Crippen LogP contribution in [0.4, 0.5) is 4.39 Å². The van der Waals surface area contributed by atoms with Crippen LogP contribution in [0.1, 0.15) is 15.9 Å². The van der Waals surface area contributed by atoms with Crippen LogP contribution in [-0.2, 0) is 16.1 Å². The maximum Gasteiger partial charge on any atom is 0.338 e. The van der Waals surface area contributed by atoms with Crippen molar-refractivity contribution in [2.45, 2.75) is 6.54 Å². The van der Waals surface area contributed by atoms with E-state index in [0.717, 1.165) is 5.56 Å². The minimum atomic E-state index is -0.706. The highest BCUT2D eigenvalue weighted by Crippen LogP contribution is 2.38. The lowest BCUT2D eigenvalue weighted by Crippen LogP contribution is -2.30. The lowest BCUT2D eigenvalue weighted by molar-refractivity contribution is -0.133. The van der Waals surface area contributed by atoms with Crippen LogP contribution in [0.2, 0.25) is 0 Å². The Bertz CT molecular complexity index is 812. The Hall–Kier alpha value is -3.29. The number of nitrogens with zero attached hydrogens (tertiary/aromatic N) is 1. The predicted molar refractivity (Wildman–Crippen MR) is 99.3 cm³/mol. The Balaban J connectivity index is 2.00. The van der Waals surface area contributed by atoms with Crippen molar-refractivity contribution in [3.63, 3.8) is 0 Å². The Kier molecular flexibility index (Phi) is 7.20. The van der Waals surface area contributed by atoms with Gasteiger partial charge in [0.15, 0.2) is 18.1 Å². The zero-order valence-electron chi connectivity index (χ0n) is 16.2. The SMILES string of the molecule is COc1cc(C(=O)OCC(=O)N(C)Cc2ccc(F)cc2)cc(OC)c1OC. The number of carbonyl (C=O) groups excluding carboxylic acids is 2. The predicted octanol–water partition coefficient (Wildman–Crippen LogP) is 2.67. The first kappa shape index (κ1) is 21.0. The molecule has 0 saturated carbocycles. The molecule has 0 spiro atoms. The number of ether oxygens (including phenoxy) is 4. The van der Waals surface area contributed by atoms with Gasteiger partial charge in [-0.3, -0.25) is 4.79 Å². The van der Waals surface area contributed by atoms with Crippen LogP contribution in [0, 0.1) is 5.82 Å². The summed E-state index contributed by atoms with van der Waals surface area (Å²) >= 11 is 0. The second kappa shape index (κ2) is 9.59. The molecular weight excluding hydrogens is 369 g/mol. The first-order valence-electron chi connectivity index (χ1n) is 8.35. The Morgan fingerprint density at radius 2 is 1.54 bits per heavy atom. The minimum absolute atomic E-state index is 0.156. The van der Waals surface area contributed by atoms with Crippen molar-refractivity contribution in [1.29, 1.82) is 0 Å². The van der Waals surface area contributed by atoms with E-state index >= 15 is 0 Å². The lowest BCUT2D eigenvalue weighted by Gasteiger charge is -2.17. The molecule has 0 aliphatic rings. The van der Waals surface area contributed by atoms with Gasteiger partial charge in [-0.15, -0.1) is 0 Å². The highest BCUT2D eigenvalue weighted by molar-refractivity contribution is 5.92. The molecule has 2 rings (SSSR count). The van der Waals surface area contributed by atoms with Crippen LogP contribution in [0.15, 0.2) is 36.4 Å². The van der Waals surface area contributed by atoms with Crippen LogP contribution >= 0.6 is 0 Å². The standard InChI is InChI=1S/C20H22FNO6/c1-22(11-13-5-7-15(21)8-6-13)18(23)12-28-20(24)14-9-16(25-2)19(27-4)17(10-14)26-3/h5-10H,11-12H2,1-4H3. The third kappa shape index (κ3) is 5.12. The second-order valence-corrected chi connectivity index (χ2v) is 5.87. The van der Waals surface area contributed by atoms with E-state index in [1.165, 1.54) is 50.5 Å². The number of hydrogen-bond donors (Lipinski definition) is 0. The van der Waals surface area contributed by atoms with Crippen molar-refractivity contribution in [3.8, 4) is 17.2 Å². The normalized spacial score (nSPS) is 10.2. The van der Waals surface area contributed by atoms with E-state index in [-0.39, 0.29) is 17.9 Å². The molecule has 28 heavy (non-hydrogen) atoms. The number of carbonyl (C=O) groups is 2. The highest BCUT2D eigenvalue weighted by Gasteiger charge is 2.19. The van der Waals surface area contributed by atoms with Gasteiger partial charge in [-0.05, 0) is 29.8 Å². The van der Waals surface area contributed by atoms with Gasteiger partial charge >= 0.3 is 5.97 Å². The number of rotatable bonds is 8. The molecule has 150 valence electrons. The summed E-state index contributed by atoms with van der Waals surface area (Å²) in [5.41, 5.74) is 0.914. The van der Waals surface area contributed by atoms with Gasteiger partial charge in [-0.1, -0.05) is 12.1 Å². The number of methoxy groups -OCH3 is 3. The van der Waals surface area contributed by atoms with Gasteiger partial charge in [-0.25, -0.2) is 9.18 Å². The van der Waals surface area contributed by atoms with Crippen LogP contribution < -0.4 is 14.2 Å². The Morgan fingerprint density at radius 1 is 0.964 bits per heavy atom. The summed E-state index contributed by atoms with van der Waals surface area (Å²) < 4.78 is 33.6. The summed E-state index contributed by atoms with van der Waals surface area (Å²) in [6, 6.07) is 8.69. The first-order chi connectivity index (χ1) is 13.4. The fourth-order valence-corrected chi connectivity index (χ4v) is 2.47. The third-order valence-corrected chi connectivity index (χ3v) is 3.99. The number of benzene rings is 2. The molecule has 7 nitrogen and oxygen atoms in total. The van der Waals surface area contributed by atoms with Crippen molar-refractivity contribution in [2.75, 3.05) is 35.0 Å². The van der Waals surface area contributed by atoms with Gasteiger partial charge in [0, 0.05) is 13.6 Å². The van der Waals surface area contributed by atoms with Crippen molar-refractivity contribution in [1.82, 2.24) is 4.90 Å². The van der Waals surface area contributed by atoms with Crippen LogP contribution in [0.3, 0.4) is 0 Å². The van der Waals surface area contributed by atoms with Gasteiger partial charge in [-0.2, -0.15) is 0 Å². The second-order valence-electron chi connectivity index (χ2n) is 5.87. The zero-order valence-corrected chi connectivity index (χ0v) is 16.2. The molecule has 0 saturated heterocycles. The Labute approximate surface area is 162 Å². The number of likely N-dealkylation sites (N-methyl/N-ethyl adjacent to an activating group) is 1. The molecule has 2 aromatic rings. The third-order valence-electron chi connectivity index (χ3n) is 3.99. The summed E-state index contributed by atoms with van der Waals surface area (Å²) in [4.78, 5) is 25.9. The molecule has 0 heterocycles. The summed E-state index contributed by atoms with van der Waals surface area (Å²) in [6.45, 7) is -0.173. The lowest BCUT2D eigenvalue weighted by atomic mass is 10.2. The summed E-state index contributed by atoms with van der Waals surface area (Å²) in [5, 5.41) is 0. The van der Waals surface area contributed by atoms with E-state index in [1.54, 1.807) is 19.2 Å². The molecule has 0 unspecified atom stereocenters. The monoisotopic (exact) mass is 391 g/mol. The van der Waals surface area contributed by atoms with E-state index < -0.39 is 18.5 Å². The molecule has 0 aliphatic heterocycles. The molecule has 8 heteroatoms. The molecule has 0 aliphatic carbocycles. The van der Waals surface area contributed by atoms with Crippen LogP contribution in [-0.4, -0.2) is 51.8 Å². The maximum atomic E-state index is 12.9. The smallest absolute Gasteiger partial charge is 0.338 e. The van der Waals surface area contributed by atoms with E-state index in [9.17, 15) is 14.0 Å². The average Bonchev–Trinajstić information content (AvgIpc) is 2.71. The van der Waals surface area contributed by atoms with Crippen LogP contribution in [0.25, 0.3) is 0 Å². The number of halogens is 1. The molecule has 2 aromatic carbocycles. The zero-order chi connectivity index (χ0) is 20.7. The van der Waals surface area contributed by atoms with Crippen molar-refractivity contribution in [2.24, 2.45) is 0 Å². The maximum absolute atomic E-state index is 12.9. The highest BCUT2D eigenvalue weighted by atomic mass is 19.1. The molecule has 0 atom stereocenters. The van der Waals surface area contributed by atoms with E-state index in [1.807, 2.05) is 0 Å². The molecule has 0 bridgehead atoms. The summed E-state index contributed by atoms with van der Waals surface area (Å²) in [5.74, 6) is -0.510. The van der Waals surface area contributed by atoms with Gasteiger partial charge < -0.3 is 23.8 Å². The Morgan fingerprint density at radius 3 is 2.04 bits per heavy atom. The van der Waals surface area contributed by atoms with Gasteiger partial charge in [0.2, 0.25) is 5.75 Å². The fraction of sp³-hybridized carbons (Fsp3) is 0.300. The summed E-state index contributed by atoms with van der Waals surface area (Å²) in [7, 11) is 5.88. The van der Waals surface area contributed by atoms with Crippen molar-refractivity contribution < 1.29 is 32.9 Å². The fourth-order valence-electron chi connectivity index (χ4n) is 2.47. The first-order valence-corrected chi connectivity index (χ1v) is 8.35. The van der Waals surface area contributed by atoms with Gasteiger partial charge in [0.25, 0.3) is 5.91 Å². The topological polar surface area (TPSA) is 74.3 Å². The number of esters is 1. The number of amides is 1. The molecular formula is C20H22FNO6. The molecule has 1 amide bonds. The van der Waals surface area contributed by atoms with Crippen molar-refractivity contribution >= 4 is 11.9 Å². The van der Waals surface area contributed by atoms with Crippen molar-refractivity contribution in [3.05, 3.63) is 53.3 Å². The largest absolute Gasteiger partial charge is 0.493 e. The molecule has 0 fully saturated rings. The van der Waals surface area contributed by atoms with Gasteiger partial charge in [0.05, 0.1) is 26.9 Å².